The molecule has 1 aliphatic rings. The van der Waals surface area contributed by atoms with Crippen molar-refractivity contribution < 1.29 is 14.3 Å². The van der Waals surface area contributed by atoms with Crippen molar-refractivity contribution in [3.05, 3.63) is 70.7 Å². The molecule has 1 fully saturated rings. The molecule has 5 nitrogen and oxygen atoms in total. The number of piperidine rings is 1. The van der Waals surface area contributed by atoms with Gasteiger partial charge in [-0.1, -0.05) is 60.1 Å². The van der Waals surface area contributed by atoms with E-state index in [0.29, 0.717) is 37.5 Å². The first-order valence-electron chi connectivity index (χ1n) is 9.48. The fraction of sp³-hybridized carbons (Fsp3) is 0.364. The number of hydrogen-bond acceptors (Lipinski definition) is 4. The molecule has 1 heterocycles. The van der Waals surface area contributed by atoms with Gasteiger partial charge in [0.2, 0.25) is 5.91 Å². The van der Waals surface area contributed by atoms with Crippen molar-refractivity contribution in [2.75, 3.05) is 20.2 Å². The van der Waals surface area contributed by atoms with Gasteiger partial charge >= 0.3 is 5.97 Å². The second kappa shape index (κ2) is 9.71. The smallest absolute Gasteiger partial charge is 0.327 e. The summed E-state index contributed by atoms with van der Waals surface area (Å²) in [5.74, 6) is -0.319. The zero-order chi connectivity index (χ0) is 19.9. The minimum atomic E-state index is -0.549. The number of carbonyl (C=O) groups is 2. The quantitative estimate of drug-likeness (QED) is 0.753. The molecule has 0 aliphatic carbocycles. The van der Waals surface area contributed by atoms with Crippen molar-refractivity contribution in [1.29, 1.82) is 0 Å². The highest BCUT2D eigenvalue weighted by molar-refractivity contribution is 6.31. The van der Waals surface area contributed by atoms with E-state index in [1.165, 1.54) is 7.11 Å². The van der Waals surface area contributed by atoms with Crippen molar-refractivity contribution in [3.8, 4) is 0 Å². The van der Waals surface area contributed by atoms with Crippen molar-refractivity contribution in [1.82, 2.24) is 10.2 Å². The number of carbonyl (C=O) groups excluding carboxylic acids is 2. The minimum absolute atomic E-state index is 0.0514. The average molecular weight is 401 g/mol. The summed E-state index contributed by atoms with van der Waals surface area (Å²) in [5, 5.41) is 3.56. The number of likely N-dealkylation sites (tertiary alicyclic amines) is 1. The number of nitrogens with zero attached hydrogens (tertiary/aromatic N) is 1. The number of halogens is 1. The fourth-order valence-corrected chi connectivity index (χ4v) is 3.87. The third-order valence-corrected chi connectivity index (χ3v) is 5.54. The zero-order valence-electron chi connectivity index (χ0n) is 15.9. The Morgan fingerprint density at radius 1 is 1.11 bits per heavy atom. The molecule has 0 bridgehead atoms. The molecular formula is C22H25ClN2O3. The summed E-state index contributed by atoms with van der Waals surface area (Å²) < 4.78 is 5.02. The Bertz CT molecular complexity index is 804. The molecule has 2 aromatic carbocycles. The third kappa shape index (κ3) is 4.91. The lowest BCUT2D eigenvalue weighted by Gasteiger charge is -2.36. The lowest BCUT2D eigenvalue weighted by molar-refractivity contribution is -0.148. The summed E-state index contributed by atoms with van der Waals surface area (Å²) in [6.45, 7) is 1.80. The van der Waals surface area contributed by atoms with Crippen LogP contribution in [0.2, 0.25) is 5.02 Å². The van der Waals surface area contributed by atoms with Gasteiger partial charge in [0.25, 0.3) is 0 Å². The molecular weight excluding hydrogens is 376 g/mol. The first-order valence-corrected chi connectivity index (χ1v) is 9.86. The third-order valence-electron chi connectivity index (χ3n) is 5.20. The summed E-state index contributed by atoms with van der Waals surface area (Å²) in [7, 11) is 1.38. The highest BCUT2D eigenvalue weighted by Gasteiger charge is 2.34. The first-order chi connectivity index (χ1) is 13.6. The van der Waals surface area contributed by atoms with E-state index >= 15 is 0 Å². The average Bonchev–Trinajstić information content (AvgIpc) is 2.74. The molecule has 1 unspecified atom stereocenters. The standard InChI is InChI=1S/C22H25ClN2O3/c1-28-22(27)20(18-9-5-6-10-19(18)23)25-13-11-17(12-14-25)21(26)24-15-16-7-3-2-4-8-16/h2-10,17,20H,11-15H2,1H3,(H,24,26). The molecule has 0 saturated carbocycles. The fourth-order valence-electron chi connectivity index (χ4n) is 3.63. The summed E-state index contributed by atoms with van der Waals surface area (Å²) >= 11 is 6.32. The summed E-state index contributed by atoms with van der Waals surface area (Å²) in [4.78, 5) is 27.0. The lowest BCUT2D eigenvalue weighted by atomic mass is 9.93. The Balaban J connectivity index is 1.60. The number of rotatable bonds is 6. The number of nitrogens with one attached hydrogen (secondary N) is 1. The van der Waals surface area contributed by atoms with E-state index in [4.69, 9.17) is 16.3 Å². The van der Waals surface area contributed by atoms with E-state index in [2.05, 4.69) is 5.32 Å². The maximum atomic E-state index is 12.5. The molecule has 1 amide bonds. The maximum absolute atomic E-state index is 12.5. The molecule has 148 valence electrons. The van der Waals surface area contributed by atoms with Crippen LogP contribution in [-0.4, -0.2) is 37.0 Å². The number of esters is 1. The molecule has 3 rings (SSSR count). The van der Waals surface area contributed by atoms with Crippen LogP contribution >= 0.6 is 11.6 Å². The number of amides is 1. The summed E-state index contributed by atoms with van der Waals surface area (Å²) in [5.41, 5.74) is 1.82. The van der Waals surface area contributed by atoms with Gasteiger partial charge in [-0.3, -0.25) is 9.69 Å². The van der Waals surface area contributed by atoms with Crippen molar-refractivity contribution in [2.45, 2.75) is 25.4 Å². The SMILES string of the molecule is COC(=O)C(c1ccccc1Cl)N1CCC(C(=O)NCc2ccccc2)CC1. The van der Waals surface area contributed by atoms with Crippen LogP contribution in [0.5, 0.6) is 0 Å². The van der Waals surface area contributed by atoms with Gasteiger partial charge in [0.15, 0.2) is 0 Å². The van der Waals surface area contributed by atoms with E-state index in [1.54, 1.807) is 6.07 Å². The van der Waals surface area contributed by atoms with Gasteiger partial charge in [-0.15, -0.1) is 0 Å². The van der Waals surface area contributed by atoms with Crippen LogP contribution < -0.4 is 5.32 Å². The topological polar surface area (TPSA) is 58.6 Å². The number of methoxy groups -OCH3 is 1. The van der Waals surface area contributed by atoms with Gasteiger partial charge < -0.3 is 10.1 Å². The summed E-state index contributed by atoms with van der Waals surface area (Å²) in [6.07, 6.45) is 1.39. The molecule has 2 aromatic rings. The molecule has 6 heteroatoms. The Morgan fingerprint density at radius 2 is 1.75 bits per heavy atom. The predicted molar refractivity (Wildman–Crippen MR) is 109 cm³/mol. The Morgan fingerprint density at radius 3 is 2.39 bits per heavy atom. The van der Waals surface area contributed by atoms with Gasteiger partial charge in [-0.25, -0.2) is 4.79 Å². The van der Waals surface area contributed by atoms with Gasteiger partial charge in [0.1, 0.15) is 6.04 Å². The molecule has 1 aliphatic heterocycles. The van der Waals surface area contributed by atoms with Crippen molar-refractivity contribution in [3.63, 3.8) is 0 Å². The molecule has 0 spiro atoms. The van der Waals surface area contributed by atoms with E-state index in [-0.39, 0.29) is 17.8 Å². The monoisotopic (exact) mass is 400 g/mol. The van der Waals surface area contributed by atoms with Crippen LogP contribution in [0.3, 0.4) is 0 Å². The Kier molecular flexibility index (Phi) is 7.06. The van der Waals surface area contributed by atoms with Gasteiger partial charge in [0.05, 0.1) is 7.11 Å². The second-order valence-electron chi connectivity index (χ2n) is 6.96. The van der Waals surface area contributed by atoms with Crippen molar-refractivity contribution in [2.24, 2.45) is 5.92 Å². The number of benzene rings is 2. The number of ether oxygens (including phenoxy) is 1. The lowest BCUT2D eigenvalue weighted by Crippen LogP contribution is -2.44. The predicted octanol–water partition coefficient (Wildman–Crippen LogP) is 3.58. The van der Waals surface area contributed by atoms with Crippen LogP contribution in [0.15, 0.2) is 54.6 Å². The van der Waals surface area contributed by atoms with Crippen LogP contribution in [0.1, 0.15) is 30.0 Å². The Labute approximate surface area is 170 Å². The van der Waals surface area contributed by atoms with Crippen LogP contribution in [-0.2, 0) is 20.9 Å². The van der Waals surface area contributed by atoms with E-state index < -0.39 is 6.04 Å². The molecule has 1 saturated heterocycles. The zero-order valence-corrected chi connectivity index (χ0v) is 16.7. The first kappa shape index (κ1) is 20.4. The molecule has 0 radical (unpaired) electrons. The number of hydrogen-bond donors (Lipinski definition) is 1. The minimum Gasteiger partial charge on any atom is -0.468 e. The summed E-state index contributed by atoms with van der Waals surface area (Å²) in [6, 6.07) is 16.6. The highest BCUT2D eigenvalue weighted by Crippen LogP contribution is 2.32. The molecule has 28 heavy (non-hydrogen) atoms. The largest absolute Gasteiger partial charge is 0.468 e. The maximum Gasteiger partial charge on any atom is 0.327 e. The van der Waals surface area contributed by atoms with Gasteiger partial charge in [-0.05, 0) is 30.0 Å². The van der Waals surface area contributed by atoms with Gasteiger partial charge in [0, 0.05) is 30.6 Å². The van der Waals surface area contributed by atoms with Crippen LogP contribution in [0.25, 0.3) is 0 Å². The Hall–Kier alpha value is -2.37. The van der Waals surface area contributed by atoms with Crippen LogP contribution in [0, 0.1) is 5.92 Å². The molecule has 1 N–H and O–H groups in total. The highest BCUT2D eigenvalue weighted by atomic mass is 35.5. The van der Waals surface area contributed by atoms with E-state index in [1.807, 2.05) is 53.4 Å². The van der Waals surface area contributed by atoms with Gasteiger partial charge in [-0.2, -0.15) is 0 Å². The van der Waals surface area contributed by atoms with Crippen LogP contribution in [0.4, 0.5) is 0 Å². The normalized spacial score (nSPS) is 16.4. The van der Waals surface area contributed by atoms with E-state index in [0.717, 1.165) is 11.1 Å². The second-order valence-corrected chi connectivity index (χ2v) is 7.37. The molecule has 1 atom stereocenters. The van der Waals surface area contributed by atoms with E-state index in [9.17, 15) is 9.59 Å². The van der Waals surface area contributed by atoms with Crippen molar-refractivity contribution >= 4 is 23.5 Å². The molecule has 0 aromatic heterocycles.